The van der Waals surface area contributed by atoms with Crippen LogP contribution in [0.1, 0.15) is 44.9 Å². The van der Waals surface area contributed by atoms with E-state index in [1.807, 2.05) is 0 Å². The van der Waals surface area contributed by atoms with Crippen molar-refractivity contribution in [2.75, 3.05) is 0 Å². The van der Waals surface area contributed by atoms with Gasteiger partial charge in [-0.25, -0.2) is 0 Å². The normalized spacial score (nSPS) is 37.3. The van der Waals surface area contributed by atoms with Crippen molar-refractivity contribution in [1.29, 1.82) is 0 Å². The molecule has 0 bridgehead atoms. The molecule has 2 aliphatic carbocycles. The molecule has 0 atom stereocenters. The van der Waals surface area contributed by atoms with E-state index in [1.54, 1.807) is 11.8 Å². The number of carboxylic acids is 1. The Balaban J connectivity index is 1.92. The van der Waals surface area contributed by atoms with Gasteiger partial charge in [-0.15, -0.1) is 11.8 Å². The maximum Gasteiger partial charge on any atom is 0.319 e. The molecule has 0 unspecified atom stereocenters. The van der Waals surface area contributed by atoms with Gasteiger partial charge < -0.3 is 10.2 Å². The smallest absolute Gasteiger partial charge is 0.319 e. The number of aliphatic carboxylic acids is 1. The van der Waals surface area contributed by atoms with Crippen LogP contribution in [-0.2, 0) is 4.79 Å². The van der Waals surface area contributed by atoms with Gasteiger partial charge in [-0.3, -0.25) is 4.79 Å². The van der Waals surface area contributed by atoms with Crippen LogP contribution in [0, 0.1) is 0 Å². The van der Waals surface area contributed by atoms with E-state index in [4.69, 9.17) is 0 Å². The molecule has 2 saturated carbocycles. The summed E-state index contributed by atoms with van der Waals surface area (Å²) in [5.74, 6) is -0.733. The Bertz CT molecular complexity index is 242. The molecule has 0 radical (unpaired) electrons. The quantitative estimate of drug-likeness (QED) is 0.779. The molecular formula is C11H18O3S. The van der Waals surface area contributed by atoms with Crippen LogP contribution in [0.15, 0.2) is 0 Å². The van der Waals surface area contributed by atoms with Crippen LogP contribution >= 0.6 is 11.8 Å². The number of aliphatic hydroxyl groups excluding tert-OH is 1. The average Bonchev–Trinajstić information content (AvgIpc) is 2.16. The highest BCUT2D eigenvalue weighted by atomic mass is 32.2. The third-order valence-electron chi connectivity index (χ3n) is 3.46. The van der Waals surface area contributed by atoms with E-state index in [-0.39, 0.29) is 0 Å². The maximum absolute atomic E-state index is 11.2. The third-order valence-corrected chi connectivity index (χ3v) is 5.23. The van der Waals surface area contributed by atoms with Gasteiger partial charge in [0, 0.05) is 5.25 Å². The van der Waals surface area contributed by atoms with Gasteiger partial charge in [0.2, 0.25) is 0 Å². The summed E-state index contributed by atoms with van der Waals surface area (Å²) >= 11 is 1.61. The molecule has 15 heavy (non-hydrogen) atoms. The van der Waals surface area contributed by atoms with Crippen LogP contribution in [0.2, 0.25) is 0 Å². The second-order valence-corrected chi connectivity index (χ2v) is 6.42. The SMILES string of the molecule is O=C(O)C1(SC2CCCCC2)CC(O)C1. The number of hydrogen-bond acceptors (Lipinski definition) is 3. The molecule has 2 N–H and O–H groups in total. The minimum atomic E-state index is -0.733. The van der Waals surface area contributed by atoms with Gasteiger partial charge in [0.25, 0.3) is 0 Å². The highest BCUT2D eigenvalue weighted by Gasteiger charge is 2.51. The van der Waals surface area contributed by atoms with E-state index in [2.05, 4.69) is 0 Å². The Kier molecular flexibility index (Phi) is 3.26. The zero-order valence-corrected chi connectivity index (χ0v) is 9.63. The molecule has 0 spiro atoms. The molecule has 2 aliphatic rings. The molecule has 2 fully saturated rings. The van der Waals surface area contributed by atoms with Gasteiger partial charge in [-0.1, -0.05) is 19.3 Å². The lowest BCUT2D eigenvalue weighted by Crippen LogP contribution is -2.51. The summed E-state index contributed by atoms with van der Waals surface area (Å²) in [6, 6.07) is 0. The first-order valence-electron chi connectivity index (χ1n) is 5.72. The molecule has 3 nitrogen and oxygen atoms in total. The van der Waals surface area contributed by atoms with Gasteiger partial charge in [-0.2, -0.15) is 0 Å². The molecule has 0 saturated heterocycles. The molecular weight excluding hydrogens is 212 g/mol. The molecule has 0 heterocycles. The minimum Gasteiger partial charge on any atom is -0.480 e. The minimum absolute atomic E-state index is 0.391. The number of rotatable bonds is 3. The highest BCUT2D eigenvalue weighted by molar-refractivity contribution is 8.02. The Labute approximate surface area is 94.3 Å². The topological polar surface area (TPSA) is 57.5 Å². The first kappa shape index (κ1) is 11.3. The standard InChI is InChI=1S/C11H18O3S/c12-8-6-11(7-8,10(13)14)15-9-4-2-1-3-5-9/h8-9,12H,1-7H2,(H,13,14). The fourth-order valence-electron chi connectivity index (χ4n) is 2.52. The summed E-state index contributed by atoms with van der Waals surface area (Å²) in [6.45, 7) is 0. The summed E-state index contributed by atoms with van der Waals surface area (Å²) in [5, 5.41) is 19.0. The zero-order valence-electron chi connectivity index (χ0n) is 8.82. The van der Waals surface area contributed by atoms with Crippen LogP contribution in [0.4, 0.5) is 0 Å². The van der Waals surface area contributed by atoms with Gasteiger partial charge in [-0.05, 0) is 25.7 Å². The summed E-state index contributed by atoms with van der Waals surface area (Å²) < 4.78 is -0.665. The van der Waals surface area contributed by atoms with E-state index >= 15 is 0 Å². The Morgan fingerprint density at radius 1 is 1.20 bits per heavy atom. The molecule has 4 heteroatoms. The predicted molar refractivity (Wildman–Crippen MR) is 60.1 cm³/mol. The molecule has 2 rings (SSSR count). The lowest BCUT2D eigenvalue weighted by molar-refractivity contribution is -0.145. The molecule has 0 aliphatic heterocycles. The maximum atomic E-state index is 11.2. The van der Waals surface area contributed by atoms with Crippen LogP contribution in [0.5, 0.6) is 0 Å². The van der Waals surface area contributed by atoms with Gasteiger partial charge in [0.15, 0.2) is 0 Å². The van der Waals surface area contributed by atoms with Crippen LogP contribution in [0.25, 0.3) is 0 Å². The van der Waals surface area contributed by atoms with Crippen molar-refractivity contribution in [2.45, 2.75) is 61.0 Å². The number of aliphatic hydroxyl groups is 1. The number of hydrogen-bond donors (Lipinski definition) is 2. The van der Waals surface area contributed by atoms with E-state index in [9.17, 15) is 15.0 Å². The molecule has 86 valence electrons. The van der Waals surface area contributed by atoms with E-state index < -0.39 is 16.8 Å². The highest BCUT2D eigenvalue weighted by Crippen LogP contribution is 2.48. The van der Waals surface area contributed by atoms with Crippen molar-refractivity contribution in [3.05, 3.63) is 0 Å². The predicted octanol–water partition coefficient (Wildman–Crippen LogP) is 2.03. The first-order valence-corrected chi connectivity index (χ1v) is 6.60. The zero-order chi connectivity index (χ0) is 10.9. The van der Waals surface area contributed by atoms with Crippen LogP contribution in [0.3, 0.4) is 0 Å². The van der Waals surface area contributed by atoms with Gasteiger partial charge in [0.1, 0.15) is 4.75 Å². The average molecular weight is 230 g/mol. The second kappa shape index (κ2) is 4.34. The fourth-order valence-corrected chi connectivity index (χ4v) is 4.41. The lowest BCUT2D eigenvalue weighted by atomic mass is 9.81. The Morgan fingerprint density at radius 2 is 1.80 bits per heavy atom. The van der Waals surface area contributed by atoms with Crippen LogP contribution < -0.4 is 0 Å². The van der Waals surface area contributed by atoms with E-state index in [1.165, 1.54) is 19.3 Å². The molecule has 0 aromatic rings. The van der Waals surface area contributed by atoms with Gasteiger partial charge in [0.05, 0.1) is 6.10 Å². The van der Waals surface area contributed by atoms with Crippen molar-refractivity contribution < 1.29 is 15.0 Å². The van der Waals surface area contributed by atoms with Crippen molar-refractivity contribution in [2.24, 2.45) is 0 Å². The van der Waals surface area contributed by atoms with Crippen LogP contribution in [-0.4, -0.2) is 32.3 Å². The molecule has 0 aromatic carbocycles. The number of carbonyl (C=O) groups is 1. The Morgan fingerprint density at radius 3 is 2.27 bits per heavy atom. The summed E-state index contributed by atoms with van der Waals surface area (Å²) in [4.78, 5) is 11.2. The van der Waals surface area contributed by atoms with Crippen molar-refractivity contribution >= 4 is 17.7 Å². The van der Waals surface area contributed by atoms with Crippen molar-refractivity contribution in [3.63, 3.8) is 0 Å². The Hall–Kier alpha value is -0.220. The second-order valence-electron chi connectivity index (χ2n) is 4.74. The van der Waals surface area contributed by atoms with Gasteiger partial charge >= 0.3 is 5.97 Å². The summed E-state index contributed by atoms with van der Waals surface area (Å²) in [7, 11) is 0. The number of carboxylic acid groups (broad SMARTS) is 1. The first-order chi connectivity index (χ1) is 7.12. The van der Waals surface area contributed by atoms with E-state index in [0.717, 1.165) is 12.8 Å². The molecule has 0 aromatic heterocycles. The lowest BCUT2D eigenvalue weighted by Gasteiger charge is -2.43. The largest absolute Gasteiger partial charge is 0.480 e. The van der Waals surface area contributed by atoms with Crippen molar-refractivity contribution in [1.82, 2.24) is 0 Å². The summed E-state index contributed by atoms with van der Waals surface area (Å²) in [6.07, 6.45) is 6.53. The van der Waals surface area contributed by atoms with Crippen molar-refractivity contribution in [3.8, 4) is 0 Å². The fraction of sp³-hybridized carbons (Fsp3) is 0.909. The molecule has 0 amide bonds. The monoisotopic (exact) mass is 230 g/mol. The van der Waals surface area contributed by atoms with E-state index in [0.29, 0.717) is 18.1 Å². The number of thioether (sulfide) groups is 1. The third kappa shape index (κ3) is 2.31. The summed E-state index contributed by atoms with van der Waals surface area (Å²) in [5.41, 5.74) is 0.